The average molecular weight is 229 g/mol. The zero-order chi connectivity index (χ0) is 7.98. The Bertz CT molecular complexity index is 121. The van der Waals surface area contributed by atoms with Gasteiger partial charge in [0.1, 0.15) is 8.64 Å². The highest BCUT2D eigenvalue weighted by molar-refractivity contribution is 8.25. The largest absolute Gasteiger partial charge is 0.385 e. The molecule has 11 heavy (non-hydrogen) atoms. The third-order valence-electron chi connectivity index (χ3n) is 0.572. The standard InChI is InChI=1S/C4H8N2S4.H3N/c5-3(7)9-1-2-10-4(6)8;/h1-2H2,(H2,5,7)(H2,6,8);1H3. The fourth-order valence-corrected chi connectivity index (χ4v) is 1.85. The molecule has 0 fully saturated rings. The van der Waals surface area contributed by atoms with Gasteiger partial charge in [-0.3, -0.25) is 0 Å². The van der Waals surface area contributed by atoms with Gasteiger partial charge in [-0.25, -0.2) is 0 Å². The van der Waals surface area contributed by atoms with Crippen molar-refractivity contribution in [1.29, 1.82) is 0 Å². The Kier molecular flexibility index (Phi) is 10.9. The van der Waals surface area contributed by atoms with Crippen LogP contribution in [0.4, 0.5) is 0 Å². The lowest BCUT2D eigenvalue weighted by atomic mass is 11.0. The molecule has 0 aliphatic heterocycles. The molecule has 66 valence electrons. The van der Waals surface area contributed by atoms with Gasteiger partial charge in [0.15, 0.2) is 0 Å². The van der Waals surface area contributed by atoms with Gasteiger partial charge in [0.05, 0.1) is 0 Å². The molecule has 0 rings (SSSR count). The van der Waals surface area contributed by atoms with Crippen LogP contribution in [0, 0.1) is 0 Å². The van der Waals surface area contributed by atoms with E-state index in [4.69, 9.17) is 11.5 Å². The van der Waals surface area contributed by atoms with Crippen molar-refractivity contribution in [1.82, 2.24) is 6.15 Å². The molecule has 0 aliphatic rings. The minimum atomic E-state index is 0. The van der Waals surface area contributed by atoms with Crippen molar-refractivity contribution in [2.75, 3.05) is 11.5 Å². The van der Waals surface area contributed by atoms with Crippen LogP contribution >= 0.6 is 48.0 Å². The molecule has 3 nitrogen and oxygen atoms in total. The van der Waals surface area contributed by atoms with E-state index in [-0.39, 0.29) is 6.15 Å². The highest BCUT2D eigenvalue weighted by Gasteiger charge is 1.92. The van der Waals surface area contributed by atoms with E-state index in [9.17, 15) is 0 Å². The van der Waals surface area contributed by atoms with Gasteiger partial charge >= 0.3 is 0 Å². The summed E-state index contributed by atoms with van der Waals surface area (Å²) in [6.45, 7) is 0. The summed E-state index contributed by atoms with van der Waals surface area (Å²) >= 11 is 12.2. The molecule has 0 atom stereocenters. The summed E-state index contributed by atoms with van der Waals surface area (Å²) < 4.78 is 0.951. The maximum absolute atomic E-state index is 5.23. The molecule has 7 N–H and O–H groups in total. The van der Waals surface area contributed by atoms with Crippen LogP contribution in [0.15, 0.2) is 0 Å². The highest BCUT2D eigenvalue weighted by atomic mass is 32.2. The second-order valence-corrected chi connectivity index (χ2v) is 5.00. The van der Waals surface area contributed by atoms with Crippen LogP contribution in [0.2, 0.25) is 0 Å². The van der Waals surface area contributed by atoms with Crippen molar-refractivity contribution >= 4 is 56.6 Å². The predicted octanol–water partition coefficient (Wildman–Crippen LogP) is 1.10. The SMILES string of the molecule is N.NC(=S)SCCSC(N)=S. The fraction of sp³-hybridized carbons (Fsp3) is 0.500. The quantitative estimate of drug-likeness (QED) is 0.493. The Labute approximate surface area is 85.6 Å². The van der Waals surface area contributed by atoms with Crippen molar-refractivity contribution < 1.29 is 0 Å². The first kappa shape index (κ1) is 14.0. The fourth-order valence-electron chi connectivity index (χ4n) is 0.285. The minimum Gasteiger partial charge on any atom is -0.385 e. The smallest absolute Gasteiger partial charge is 0.131 e. The topological polar surface area (TPSA) is 87.0 Å². The second-order valence-electron chi connectivity index (χ2n) is 1.33. The molecule has 0 aromatic heterocycles. The van der Waals surface area contributed by atoms with Crippen molar-refractivity contribution in [2.24, 2.45) is 11.5 Å². The maximum Gasteiger partial charge on any atom is 0.131 e. The van der Waals surface area contributed by atoms with Crippen LogP contribution in [0.25, 0.3) is 0 Å². The average Bonchev–Trinajstić information content (AvgIpc) is 1.79. The van der Waals surface area contributed by atoms with Crippen LogP contribution in [-0.4, -0.2) is 20.1 Å². The third-order valence-corrected chi connectivity index (χ3v) is 2.92. The molecule has 0 heterocycles. The number of thiocarbonyl (C=S) groups is 2. The lowest BCUT2D eigenvalue weighted by Gasteiger charge is -1.96. The van der Waals surface area contributed by atoms with E-state index in [0.29, 0.717) is 8.64 Å². The summed E-state index contributed by atoms with van der Waals surface area (Å²) in [4.78, 5) is 0. The summed E-state index contributed by atoms with van der Waals surface area (Å²) in [6, 6.07) is 0. The highest BCUT2D eigenvalue weighted by Crippen LogP contribution is 2.06. The van der Waals surface area contributed by atoms with E-state index in [2.05, 4.69) is 24.4 Å². The molecule has 0 aliphatic carbocycles. The number of nitrogens with two attached hydrogens (primary N) is 2. The molecule has 0 spiro atoms. The Morgan fingerprint density at radius 1 is 1.00 bits per heavy atom. The van der Waals surface area contributed by atoms with Crippen molar-refractivity contribution in [2.45, 2.75) is 0 Å². The number of thioether (sulfide) groups is 2. The monoisotopic (exact) mass is 229 g/mol. The van der Waals surface area contributed by atoms with Gasteiger partial charge in [-0.1, -0.05) is 48.0 Å². The van der Waals surface area contributed by atoms with Gasteiger partial charge in [-0.2, -0.15) is 0 Å². The summed E-state index contributed by atoms with van der Waals surface area (Å²) in [5.74, 6) is 1.74. The Morgan fingerprint density at radius 2 is 1.27 bits per heavy atom. The van der Waals surface area contributed by atoms with Gasteiger partial charge in [-0.15, -0.1) is 0 Å². The number of rotatable bonds is 3. The van der Waals surface area contributed by atoms with E-state index in [0.717, 1.165) is 11.5 Å². The van der Waals surface area contributed by atoms with E-state index >= 15 is 0 Å². The van der Waals surface area contributed by atoms with E-state index in [1.165, 1.54) is 23.5 Å². The zero-order valence-corrected chi connectivity index (χ0v) is 9.18. The number of hydrogen-bond acceptors (Lipinski definition) is 5. The van der Waals surface area contributed by atoms with Crippen LogP contribution in [0.5, 0.6) is 0 Å². The molecule has 0 bridgehead atoms. The summed E-state index contributed by atoms with van der Waals surface area (Å²) in [5, 5.41) is 0. The van der Waals surface area contributed by atoms with Crippen molar-refractivity contribution in [3.8, 4) is 0 Å². The van der Waals surface area contributed by atoms with E-state index in [1.54, 1.807) is 0 Å². The van der Waals surface area contributed by atoms with Gasteiger partial charge in [0.25, 0.3) is 0 Å². The summed E-state index contributed by atoms with van der Waals surface area (Å²) in [6.07, 6.45) is 0. The summed E-state index contributed by atoms with van der Waals surface area (Å²) in [7, 11) is 0. The lowest BCUT2D eigenvalue weighted by molar-refractivity contribution is 1.57. The van der Waals surface area contributed by atoms with Gasteiger partial charge in [0.2, 0.25) is 0 Å². The third kappa shape index (κ3) is 13.4. The molecular weight excluding hydrogens is 218 g/mol. The summed E-state index contributed by atoms with van der Waals surface area (Å²) in [5.41, 5.74) is 10.5. The second kappa shape index (κ2) is 8.54. The predicted molar refractivity (Wildman–Crippen MR) is 63.5 cm³/mol. The lowest BCUT2D eigenvalue weighted by Crippen LogP contribution is -2.06. The first-order valence-corrected chi connectivity index (χ1v) is 5.26. The Hall–Kier alpha value is 0.440. The first-order valence-electron chi connectivity index (χ1n) is 2.47. The Morgan fingerprint density at radius 3 is 1.45 bits per heavy atom. The van der Waals surface area contributed by atoms with E-state index < -0.39 is 0 Å². The van der Waals surface area contributed by atoms with E-state index in [1.807, 2.05) is 0 Å². The molecule has 0 radical (unpaired) electrons. The van der Waals surface area contributed by atoms with Gasteiger partial charge in [0, 0.05) is 11.5 Å². The van der Waals surface area contributed by atoms with Crippen LogP contribution in [0.3, 0.4) is 0 Å². The minimum absolute atomic E-state index is 0. The first-order chi connectivity index (χ1) is 4.63. The Balaban J connectivity index is 0. The molecule has 0 aromatic rings. The van der Waals surface area contributed by atoms with Crippen molar-refractivity contribution in [3.05, 3.63) is 0 Å². The van der Waals surface area contributed by atoms with Gasteiger partial charge in [-0.05, 0) is 0 Å². The maximum atomic E-state index is 5.23. The molecule has 0 saturated heterocycles. The molecule has 0 amide bonds. The molecule has 0 aromatic carbocycles. The normalized spacial score (nSPS) is 8.36. The molecule has 7 heteroatoms. The van der Waals surface area contributed by atoms with Crippen LogP contribution < -0.4 is 17.6 Å². The molecular formula is C4H11N3S4. The molecule has 0 saturated carbocycles. The van der Waals surface area contributed by atoms with Crippen LogP contribution in [-0.2, 0) is 0 Å². The molecule has 0 unspecified atom stereocenters. The van der Waals surface area contributed by atoms with Gasteiger partial charge < -0.3 is 17.6 Å². The number of hydrogen-bond donors (Lipinski definition) is 3. The van der Waals surface area contributed by atoms with Crippen molar-refractivity contribution in [3.63, 3.8) is 0 Å². The van der Waals surface area contributed by atoms with Crippen LogP contribution in [0.1, 0.15) is 0 Å². The zero-order valence-electron chi connectivity index (χ0n) is 5.91.